The molecule has 0 unspecified atom stereocenters. The van der Waals surface area contributed by atoms with E-state index >= 15 is 0 Å². The average molecular weight is 364 g/mol. The van der Waals surface area contributed by atoms with Crippen LogP contribution in [0, 0.1) is 20.8 Å². The van der Waals surface area contributed by atoms with Crippen molar-refractivity contribution in [3.63, 3.8) is 0 Å². The van der Waals surface area contributed by atoms with Crippen LogP contribution in [0.3, 0.4) is 0 Å². The van der Waals surface area contributed by atoms with Crippen LogP contribution in [0.25, 0.3) is 0 Å². The number of benzene rings is 3. The highest BCUT2D eigenvalue weighted by Crippen LogP contribution is 2.45. The summed E-state index contributed by atoms with van der Waals surface area (Å²) in [5.74, 6) is 0. The van der Waals surface area contributed by atoms with Gasteiger partial charge in [0.25, 0.3) is 0 Å². The lowest BCUT2D eigenvalue weighted by atomic mass is 9.65. The van der Waals surface area contributed by atoms with Gasteiger partial charge in [-0.25, -0.2) is 0 Å². The maximum Gasteiger partial charge on any atom is 0.0716 e. The monoisotopic (exact) mass is 363 g/mol. The first-order valence-electron chi connectivity index (χ1n) is 9.72. The number of hydrogen-bond acceptors (Lipinski definition) is 1. The van der Waals surface area contributed by atoms with Crippen molar-refractivity contribution < 1.29 is 0 Å². The molecule has 1 heteroatoms. The Bertz CT molecular complexity index is 933. The minimum atomic E-state index is -0.413. The quantitative estimate of drug-likeness (QED) is 0.383. The molecule has 0 saturated heterocycles. The Balaban J connectivity index is 2.11. The molecular weight excluding hydrogens is 338 g/mol. The Hall–Kier alpha value is -3.19. The van der Waals surface area contributed by atoms with Crippen LogP contribution in [0.4, 0.5) is 0 Å². The van der Waals surface area contributed by atoms with Gasteiger partial charge in [0, 0.05) is 12.4 Å². The van der Waals surface area contributed by atoms with E-state index in [1.165, 1.54) is 38.9 Å². The van der Waals surface area contributed by atoms with E-state index in [-0.39, 0.29) is 0 Å². The highest BCUT2D eigenvalue weighted by atomic mass is 14.6. The van der Waals surface area contributed by atoms with Crippen molar-refractivity contribution in [2.45, 2.75) is 26.2 Å². The number of pyridine rings is 1. The molecule has 1 nitrogen and oxygen atoms in total. The van der Waals surface area contributed by atoms with Gasteiger partial charge in [0.2, 0.25) is 0 Å². The van der Waals surface area contributed by atoms with Gasteiger partial charge in [0.1, 0.15) is 0 Å². The molecular formula is C27H25N. The normalized spacial score (nSPS) is 11.4. The fraction of sp³-hybridized carbons (Fsp3) is 0.148. The smallest absolute Gasteiger partial charge is 0.0716 e. The van der Waals surface area contributed by atoms with Gasteiger partial charge in [0.15, 0.2) is 0 Å². The van der Waals surface area contributed by atoms with Crippen LogP contribution in [0.15, 0.2) is 97.3 Å². The highest BCUT2D eigenvalue weighted by Gasteiger charge is 2.38. The van der Waals surface area contributed by atoms with Crippen LogP contribution < -0.4 is 0 Å². The van der Waals surface area contributed by atoms with E-state index in [1.807, 2.05) is 18.5 Å². The van der Waals surface area contributed by atoms with Crippen molar-refractivity contribution in [2.75, 3.05) is 0 Å². The Morgan fingerprint density at radius 3 is 1.21 bits per heavy atom. The largest absolute Gasteiger partial charge is 0.264 e. The molecule has 4 aromatic rings. The van der Waals surface area contributed by atoms with Crippen molar-refractivity contribution in [3.8, 4) is 0 Å². The van der Waals surface area contributed by atoms with Crippen molar-refractivity contribution in [3.05, 3.63) is 136 Å². The summed E-state index contributed by atoms with van der Waals surface area (Å²) in [5.41, 5.74) is 8.29. The summed E-state index contributed by atoms with van der Waals surface area (Å²) in [6, 6.07) is 30.9. The zero-order chi connectivity index (χ0) is 19.6. The molecule has 28 heavy (non-hydrogen) atoms. The van der Waals surface area contributed by atoms with Gasteiger partial charge in [-0.2, -0.15) is 0 Å². The van der Waals surface area contributed by atoms with Crippen LogP contribution >= 0.6 is 0 Å². The van der Waals surface area contributed by atoms with Crippen LogP contribution in [0.2, 0.25) is 0 Å². The fourth-order valence-corrected chi connectivity index (χ4v) is 4.00. The second-order valence-electron chi connectivity index (χ2n) is 7.59. The Morgan fingerprint density at radius 2 is 0.893 bits per heavy atom. The van der Waals surface area contributed by atoms with E-state index in [0.29, 0.717) is 0 Å². The van der Waals surface area contributed by atoms with E-state index < -0.39 is 5.41 Å². The fourth-order valence-electron chi connectivity index (χ4n) is 4.00. The third-order valence-electron chi connectivity index (χ3n) is 5.55. The molecule has 0 radical (unpaired) electrons. The van der Waals surface area contributed by atoms with Crippen LogP contribution in [-0.4, -0.2) is 4.98 Å². The number of nitrogens with zero attached hydrogens (tertiary/aromatic N) is 1. The summed E-state index contributed by atoms with van der Waals surface area (Å²) in [6.07, 6.45) is 3.84. The standard InChI is InChI=1S/C27H25N/c1-20-6-12-23(13-7-20)27(26-5-4-18-28-19-26,24-14-8-21(2)9-15-24)25-16-10-22(3)11-17-25/h4-19H,1-3H3. The molecule has 0 fully saturated rings. The summed E-state index contributed by atoms with van der Waals surface area (Å²) >= 11 is 0. The van der Waals surface area contributed by atoms with E-state index in [0.717, 1.165) is 0 Å². The molecule has 0 bridgehead atoms. The molecule has 0 aliphatic rings. The summed E-state index contributed by atoms with van der Waals surface area (Å²) in [7, 11) is 0. The number of aromatic nitrogens is 1. The lowest BCUT2D eigenvalue weighted by Crippen LogP contribution is -2.31. The molecule has 4 rings (SSSR count). The molecule has 0 saturated carbocycles. The topological polar surface area (TPSA) is 12.9 Å². The summed E-state index contributed by atoms with van der Waals surface area (Å²) in [5, 5.41) is 0. The molecule has 1 aromatic heterocycles. The van der Waals surface area contributed by atoms with E-state index in [2.05, 4.69) is 105 Å². The lowest BCUT2D eigenvalue weighted by molar-refractivity contribution is 0.739. The van der Waals surface area contributed by atoms with Crippen LogP contribution in [0.1, 0.15) is 38.9 Å². The summed E-state index contributed by atoms with van der Waals surface area (Å²) in [6.45, 7) is 6.40. The molecule has 0 aliphatic carbocycles. The van der Waals surface area contributed by atoms with Gasteiger partial charge >= 0.3 is 0 Å². The molecule has 0 atom stereocenters. The summed E-state index contributed by atoms with van der Waals surface area (Å²) < 4.78 is 0. The average Bonchev–Trinajstić information content (AvgIpc) is 2.73. The maximum absolute atomic E-state index is 4.48. The van der Waals surface area contributed by atoms with Crippen LogP contribution in [0.5, 0.6) is 0 Å². The van der Waals surface area contributed by atoms with E-state index in [1.54, 1.807) is 0 Å². The van der Waals surface area contributed by atoms with Crippen molar-refractivity contribution >= 4 is 0 Å². The number of rotatable bonds is 4. The molecule has 138 valence electrons. The van der Waals surface area contributed by atoms with Gasteiger partial charge < -0.3 is 0 Å². The molecule has 3 aromatic carbocycles. The Morgan fingerprint density at radius 1 is 0.500 bits per heavy atom. The molecule has 1 heterocycles. The predicted molar refractivity (Wildman–Crippen MR) is 117 cm³/mol. The second kappa shape index (κ2) is 7.44. The molecule has 0 amide bonds. The zero-order valence-corrected chi connectivity index (χ0v) is 16.7. The number of hydrogen-bond donors (Lipinski definition) is 0. The van der Waals surface area contributed by atoms with E-state index in [9.17, 15) is 0 Å². The zero-order valence-electron chi connectivity index (χ0n) is 16.7. The number of aryl methyl sites for hydroxylation is 3. The second-order valence-corrected chi connectivity index (χ2v) is 7.59. The summed E-state index contributed by atoms with van der Waals surface area (Å²) in [4.78, 5) is 4.48. The Kier molecular flexibility index (Phi) is 4.83. The van der Waals surface area contributed by atoms with Crippen molar-refractivity contribution in [1.82, 2.24) is 4.98 Å². The first-order valence-corrected chi connectivity index (χ1v) is 9.72. The third kappa shape index (κ3) is 3.14. The van der Waals surface area contributed by atoms with Gasteiger partial charge in [-0.1, -0.05) is 95.6 Å². The van der Waals surface area contributed by atoms with Gasteiger partial charge in [-0.05, 0) is 49.1 Å². The van der Waals surface area contributed by atoms with Crippen LogP contribution in [-0.2, 0) is 5.41 Å². The maximum atomic E-state index is 4.48. The lowest BCUT2D eigenvalue weighted by Gasteiger charge is -2.36. The first-order chi connectivity index (χ1) is 13.6. The molecule has 0 N–H and O–H groups in total. The highest BCUT2D eigenvalue weighted by molar-refractivity contribution is 5.59. The van der Waals surface area contributed by atoms with Gasteiger partial charge in [-0.3, -0.25) is 4.98 Å². The minimum absolute atomic E-state index is 0.413. The third-order valence-corrected chi connectivity index (χ3v) is 5.55. The predicted octanol–water partition coefficient (Wildman–Crippen LogP) is 6.39. The molecule has 0 aliphatic heterocycles. The van der Waals surface area contributed by atoms with Crippen molar-refractivity contribution in [1.29, 1.82) is 0 Å². The Labute approximate surface area is 167 Å². The molecule has 0 spiro atoms. The SMILES string of the molecule is Cc1ccc(C(c2ccc(C)cc2)(c2ccc(C)cc2)c2cccnc2)cc1. The van der Waals surface area contributed by atoms with Crippen molar-refractivity contribution in [2.24, 2.45) is 0 Å². The van der Waals surface area contributed by atoms with Gasteiger partial charge in [-0.15, -0.1) is 0 Å². The van der Waals surface area contributed by atoms with Gasteiger partial charge in [0.05, 0.1) is 5.41 Å². The minimum Gasteiger partial charge on any atom is -0.264 e. The van der Waals surface area contributed by atoms with E-state index in [4.69, 9.17) is 0 Å². The first kappa shape index (κ1) is 18.2.